The molecular weight excluding hydrogens is 318 g/mol. The van der Waals surface area contributed by atoms with Crippen LogP contribution in [0.15, 0.2) is 6.07 Å². The third kappa shape index (κ3) is 4.68. The molecule has 1 unspecified atom stereocenters. The number of urea groups is 1. The summed E-state index contributed by atoms with van der Waals surface area (Å²) in [5.41, 5.74) is 0.934. The van der Waals surface area contributed by atoms with E-state index < -0.39 is 9.84 Å². The van der Waals surface area contributed by atoms with E-state index in [0.29, 0.717) is 25.3 Å². The van der Waals surface area contributed by atoms with Gasteiger partial charge in [0, 0.05) is 37.9 Å². The number of rotatable bonds is 5. The van der Waals surface area contributed by atoms with Gasteiger partial charge in [0.05, 0.1) is 11.5 Å². The second kappa shape index (κ2) is 6.88. The fourth-order valence-electron chi connectivity index (χ4n) is 2.58. The number of anilines is 1. The Balaban J connectivity index is 2.10. The Morgan fingerprint density at radius 1 is 1.43 bits per heavy atom. The van der Waals surface area contributed by atoms with Gasteiger partial charge in [-0.05, 0) is 27.4 Å². The molecule has 0 bridgehead atoms. The minimum absolute atomic E-state index is 0.0368. The number of hydrogen-bond acceptors (Lipinski definition) is 5. The molecule has 1 aromatic rings. The van der Waals surface area contributed by atoms with Gasteiger partial charge in [-0.1, -0.05) is 0 Å². The normalized spacial score (nSPS) is 20.0. The van der Waals surface area contributed by atoms with Crippen LogP contribution in [0, 0.1) is 6.92 Å². The van der Waals surface area contributed by atoms with Gasteiger partial charge in [0.25, 0.3) is 0 Å². The summed E-state index contributed by atoms with van der Waals surface area (Å²) in [6, 6.07) is 1.21. The summed E-state index contributed by atoms with van der Waals surface area (Å²) in [7, 11) is 2.60. The Labute approximate surface area is 137 Å². The summed E-state index contributed by atoms with van der Waals surface area (Å²) >= 11 is 0. The largest absolute Gasteiger partial charge is 0.323 e. The lowest BCUT2D eigenvalue weighted by atomic mass is 10.2. The average Bonchev–Trinajstić information content (AvgIpc) is 2.92. The predicted molar refractivity (Wildman–Crippen MR) is 89.3 cm³/mol. The van der Waals surface area contributed by atoms with Crippen molar-refractivity contribution in [2.45, 2.75) is 19.4 Å². The summed E-state index contributed by atoms with van der Waals surface area (Å²) in [4.78, 5) is 16.2. The molecule has 0 radical (unpaired) electrons. The molecule has 0 aliphatic carbocycles. The highest BCUT2D eigenvalue weighted by Gasteiger charge is 2.34. The van der Waals surface area contributed by atoms with Gasteiger partial charge >= 0.3 is 6.03 Å². The lowest BCUT2D eigenvalue weighted by Gasteiger charge is -2.29. The second-order valence-electron chi connectivity index (χ2n) is 6.28. The van der Waals surface area contributed by atoms with Gasteiger partial charge in [0.15, 0.2) is 15.7 Å². The Morgan fingerprint density at radius 2 is 2.13 bits per heavy atom. The van der Waals surface area contributed by atoms with Crippen molar-refractivity contribution in [2.24, 2.45) is 7.05 Å². The molecule has 1 aromatic heterocycles. The van der Waals surface area contributed by atoms with Crippen molar-refractivity contribution < 1.29 is 13.2 Å². The van der Waals surface area contributed by atoms with E-state index >= 15 is 0 Å². The minimum atomic E-state index is -3.04. The Morgan fingerprint density at radius 3 is 2.61 bits per heavy atom. The summed E-state index contributed by atoms with van der Waals surface area (Å²) < 4.78 is 25.1. The zero-order valence-corrected chi connectivity index (χ0v) is 14.9. The molecule has 2 rings (SSSR count). The molecule has 1 atom stereocenters. The zero-order chi connectivity index (χ0) is 17.2. The zero-order valence-electron chi connectivity index (χ0n) is 14.1. The number of nitrogens with zero attached hydrogens (tertiary/aromatic N) is 4. The fraction of sp³-hybridized carbons (Fsp3) is 0.714. The summed E-state index contributed by atoms with van der Waals surface area (Å²) in [6.45, 7) is 3.05. The van der Waals surface area contributed by atoms with E-state index in [9.17, 15) is 13.2 Å². The molecule has 23 heavy (non-hydrogen) atoms. The van der Waals surface area contributed by atoms with Crippen molar-refractivity contribution >= 4 is 21.7 Å². The minimum Gasteiger partial charge on any atom is -0.319 e. The number of sulfone groups is 1. The molecular formula is C14H25N5O3S. The topological polar surface area (TPSA) is 87.5 Å². The van der Waals surface area contributed by atoms with Gasteiger partial charge in [0.1, 0.15) is 0 Å². The SMILES string of the molecule is Cc1cc(NC(=O)N(CCN(C)C)C2CCS(=O)(=O)C2)nn1C. The number of carbonyl (C=O) groups is 1. The number of nitrogens with one attached hydrogen (secondary N) is 1. The second-order valence-corrected chi connectivity index (χ2v) is 8.51. The number of hydrogen-bond donors (Lipinski definition) is 1. The highest BCUT2D eigenvalue weighted by molar-refractivity contribution is 7.91. The number of amides is 2. The fourth-order valence-corrected chi connectivity index (χ4v) is 4.31. The number of carbonyl (C=O) groups excluding carboxylic acids is 1. The maximum absolute atomic E-state index is 12.6. The standard InChI is InChI=1S/C14H25N5O3S/c1-11-9-13(16-18(11)4)15-14(20)19(7-6-17(2)3)12-5-8-23(21,22)10-12/h9,12H,5-8,10H2,1-4H3,(H,15,16,20). The molecule has 1 aliphatic heterocycles. The molecule has 1 N–H and O–H groups in total. The Bertz CT molecular complexity index is 648. The van der Waals surface area contributed by atoms with Gasteiger partial charge in [-0.25, -0.2) is 13.2 Å². The van der Waals surface area contributed by atoms with Crippen LogP contribution in [-0.2, 0) is 16.9 Å². The monoisotopic (exact) mass is 343 g/mol. The third-order valence-electron chi connectivity index (χ3n) is 4.05. The number of likely N-dealkylation sites (N-methyl/N-ethyl adjacent to an activating group) is 1. The molecule has 8 nitrogen and oxygen atoms in total. The molecule has 9 heteroatoms. The quantitative estimate of drug-likeness (QED) is 0.831. The van der Waals surface area contributed by atoms with Crippen molar-refractivity contribution in [3.8, 4) is 0 Å². The molecule has 2 heterocycles. The van der Waals surface area contributed by atoms with Crippen molar-refractivity contribution in [2.75, 3.05) is 44.0 Å². The molecule has 130 valence electrons. The molecule has 2 amide bonds. The molecule has 0 spiro atoms. The van der Waals surface area contributed by atoms with E-state index in [2.05, 4.69) is 10.4 Å². The van der Waals surface area contributed by atoms with Crippen LogP contribution in [0.4, 0.5) is 10.6 Å². The van der Waals surface area contributed by atoms with Crippen LogP contribution in [-0.4, -0.2) is 78.8 Å². The van der Waals surface area contributed by atoms with Crippen LogP contribution in [0.25, 0.3) is 0 Å². The first-order valence-corrected chi connectivity index (χ1v) is 9.43. The Hall–Kier alpha value is -1.61. The maximum Gasteiger partial charge on any atom is 0.323 e. The molecule has 1 aliphatic rings. The first kappa shape index (κ1) is 17.7. The molecule has 0 aromatic carbocycles. The van der Waals surface area contributed by atoms with E-state index in [-0.39, 0.29) is 23.6 Å². The summed E-state index contributed by atoms with van der Waals surface area (Å²) in [6.07, 6.45) is 0.491. The van der Waals surface area contributed by atoms with E-state index in [1.54, 1.807) is 22.7 Å². The first-order valence-electron chi connectivity index (χ1n) is 7.61. The van der Waals surface area contributed by atoms with Crippen LogP contribution >= 0.6 is 0 Å². The highest BCUT2D eigenvalue weighted by atomic mass is 32.2. The molecule has 1 saturated heterocycles. The van der Waals surface area contributed by atoms with Crippen LogP contribution in [0.3, 0.4) is 0 Å². The smallest absolute Gasteiger partial charge is 0.319 e. The predicted octanol–water partition coefficient (Wildman–Crippen LogP) is 0.311. The summed E-state index contributed by atoms with van der Waals surface area (Å²) in [5, 5.41) is 6.99. The van der Waals surface area contributed by atoms with Crippen molar-refractivity contribution in [3.05, 3.63) is 11.8 Å². The highest BCUT2D eigenvalue weighted by Crippen LogP contribution is 2.19. The summed E-state index contributed by atoms with van der Waals surface area (Å²) in [5.74, 6) is 0.659. The van der Waals surface area contributed by atoms with E-state index in [4.69, 9.17) is 0 Å². The van der Waals surface area contributed by atoms with E-state index in [1.165, 1.54) is 0 Å². The van der Waals surface area contributed by atoms with Gasteiger partial charge in [0.2, 0.25) is 0 Å². The van der Waals surface area contributed by atoms with Crippen LogP contribution < -0.4 is 5.32 Å². The van der Waals surface area contributed by atoms with Crippen molar-refractivity contribution in [1.82, 2.24) is 19.6 Å². The van der Waals surface area contributed by atoms with Gasteiger partial charge in [-0.3, -0.25) is 10.00 Å². The van der Waals surface area contributed by atoms with Crippen LogP contribution in [0.1, 0.15) is 12.1 Å². The molecule has 0 saturated carbocycles. The van der Waals surface area contributed by atoms with Gasteiger partial charge in [-0.15, -0.1) is 0 Å². The lowest BCUT2D eigenvalue weighted by Crippen LogP contribution is -2.46. The first-order chi connectivity index (χ1) is 10.7. The maximum atomic E-state index is 12.6. The number of aryl methyl sites for hydroxylation is 2. The van der Waals surface area contributed by atoms with Crippen LogP contribution in [0.2, 0.25) is 0 Å². The lowest BCUT2D eigenvalue weighted by molar-refractivity contribution is 0.186. The average molecular weight is 343 g/mol. The third-order valence-corrected chi connectivity index (χ3v) is 5.80. The van der Waals surface area contributed by atoms with E-state index in [1.807, 2.05) is 25.9 Å². The van der Waals surface area contributed by atoms with Gasteiger partial charge in [-0.2, -0.15) is 5.10 Å². The Kier molecular flexibility index (Phi) is 5.30. The van der Waals surface area contributed by atoms with Crippen molar-refractivity contribution in [3.63, 3.8) is 0 Å². The van der Waals surface area contributed by atoms with Crippen LogP contribution in [0.5, 0.6) is 0 Å². The number of aromatic nitrogens is 2. The van der Waals surface area contributed by atoms with E-state index in [0.717, 1.165) is 5.69 Å². The van der Waals surface area contributed by atoms with Crippen molar-refractivity contribution in [1.29, 1.82) is 0 Å². The molecule has 1 fully saturated rings. The van der Waals surface area contributed by atoms with Gasteiger partial charge < -0.3 is 9.80 Å².